The summed E-state index contributed by atoms with van der Waals surface area (Å²) in [4.78, 5) is 26.6. The van der Waals surface area contributed by atoms with Crippen molar-refractivity contribution in [3.05, 3.63) is 0 Å². The molecule has 8 fully saturated rings. The number of carbonyl (C=O) groups is 2. The van der Waals surface area contributed by atoms with E-state index in [1.165, 1.54) is 38.5 Å². The smallest absolute Gasteiger partial charge is 0.223 e. The number of aliphatic hydroxyl groups is 1. The van der Waals surface area contributed by atoms with E-state index in [0.717, 1.165) is 32.0 Å². The number of aldehydes is 1. The van der Waals surface area contributed by atoms with E-state index in [1.807, 2.05) is 4.90 Å². The Balaban J connectivity index is 1.01. The zero-order valence-electron chi connectivity index (χ0n) is 27.2. The average Bonchev–Trinajstić information content (AvgIpc) is 3.90. The van der Waals surface area contributed by atoms with Crippen molar-refractivity contribution in [3.8, 4) is 0 Å². The van der Waals surface area contributed by atoms with E-state index < -0.39 is 6.10 Å². The summed E-state index contributed by atoms with van der Waals surface area (Å²) in [7, 11) is 0. The maximum Gasteiger partial charge on any atom is 0.223 e. The molecule has 1 amide bonds. The van der Waals surface area contributed by atoms with E-state index in [1.54, 1.807) is 0 Å². The molecule has 1 N–H and O–H groups in total. The molecule has 0 aromatic heterocycles. The van der Waals surface area contributed by atoms with Gasteiger partial charge in [-0.05, 0) is 115 Å². The molecular weight excluding hydrogens is 542 g/mol. The maximum atomic E-state index is 12.8. The molecule has 6 aliphatic carbocycles. The van der Waals surface area contributed by atoms with Crippen molar-refractivity contribution in [2.24, 2.45) is 56.7 Å². The van der Waals surface area contributed by atoms with Crippen LogP contribution in [-0.2, 0) is 23.8 Å². The zero-order valence-corrected chi connectivity index (χ0v) is 27.2. The van der Waals surface area contributed by atoms with Gasteiger partial charge in [0.15, 0.2) is 6.29 Å². The van der Waals surface area contributed by atoms with Crippen LogP contribution in [0.2, 0.25) is 0 Å². The van der Waals surface area contributed by atoms with Crippen LogP contribution in [0.15, 0.2) is 0 Å². The van der Waals surface area contributed by atoms with E-state index >= 15 is 0 Å². The van der Waals surface area contributed by atoms with Crippen molar-refractivity contribution >= 4 is 12.2 Å². The van der Waals surface area contributed by atoms with Crippen molar-refractivity contribution in [1.82, 2.24) is 4.90 Å². The summed E-state index contributed by atoms with van der Waals surface area (Å²) in [5, 5.41) is 12.2. The quantitative estimate of drug-likeness (QED) is 0.429. The highest BCUT2D eigenvalue weighted by molar-refractivity contribution is 5.76. The van der Waals surface area contributed by atoms with Crippen molar-refractivity contribution in [3.63, 3.8) is 0 Å². The van der Waals surface area contributed by atoms with E-state index in [9.17, 15) is 14.7 Å². The summed E-state index contributed by atoms with van der Waals surface area (Å²) < 4.78 is 19.3. The van der Waals surface area contributed by atoms with Crippen LogP contribution >= 0.6 is 0 Å². The fraction of sp³-hybridized carbons (Fsp3) is 0.944. The van der Waals surface area contributed by atoms with Gasteiger partial charge in [-0.3, -0.25) is 4.79 Å². The molecule has 0 radical (unpaired) electrons. The molecule has 0 aromatic rings. The fourth-order valence-corrected chi connectivity index (χ4v) is 13.5. The van der Waals surface area contributed by atoms with E-state index in [4.69, 9.17) is 14.2 Å². The molecule has 7 nitrogen and oxygen atoms in total. The Kier molecular flexibility index (Phi) is 6.50. The van der Waals surface area contributed by atoms with Gasteiger partial charge in [-0.2, -0.15) is 0 Å². The van der Waals surface area contributed by atoms with Gasteiger partial charge in [0.1, 0.15) is 12.4 Å². The first-order chi connectivity index (χ1) is 20.4. The topological polar surface area (TPSA) is 85.3 Å². The Morgan fingerprint density at radius 2 is 1.77 bits per heavy atom. The van der Waals surface area contributed by atoms with Crippen molar-refractivity contribution < 1.29 is 28.9 Å². The highest BCUT2D eigenvalue weighted by atomic mass is 16.7. The third-order valence-electron chi connectivity index (χ3n) is 15.8. The molecule has 0 aromatic carbocycles. The van der Waals surface area contributed by atoms with Gasteiger partial charge in [0.2, 0.25) is 5.91 Å². The normalized spacial score (nSPS) is 54.8. The molecule has 43 heavy (non-hydrogen) atoms. The van der Waals surface area contributed by atoms with Crippen LogP contribution in [-0.4, -0.2) is 72.6 Å². The van der Waals surface area contributed by atoms with Gasteiger partial charge in [0, 0.05) is 18.4 Å². The minimum Gasteiger partial charge on any atom is -0.390 e. The minimum absolute atomic E-state index is 0.0217. The lowest BCUT2D eigenvalue weighted by molar-refractivity contribution is -0.248. The highest BCUT2D eigenvalue weighted by Gasteiger charge is 2.84. The molecule has 8 rings (SSSR count). The first-order valence-corrected chi connectivity index (χ1v) is 17.7. The van der Waals surface area contributed by atoms with Gasteiger partial charge >= 0.3 is 0 Å². The predicted octanol–water partition coefficient (Wildman–Crippen LogP) is 5.37. The molecular formula is C36H55NO6. The van der Waals surface area contributed by atoms with E-state index in [-0.39, 0.29) is 46.8 Å². The monoisotopic (exact) mass is 597 g/mol. The van der Waals surface area contributed by atoms with Gasteiger partial charge in [-0.15, -0.1) is 0 Å². The molecule has 2 aliphatic heterocycles. The molecule has 0 bridgehead atoms. The molecule has 2 spiro atoms. The molecule has 7 heteroatoms. The van der Waals surface area contributed by atoms with Crippen molar-refractivity contribution in [2.75, 3.05) is 19.7 Å². The molecule has 8 aliphatic rings. The SMILES string of the molecule is C[C@@H]1CC(C=O)OC2[C@H]1C1(C)CCC34CC35CCC(O[C@H]3CN(C(=O)CC6CC6)CCO3)C(C)(C)[C@@H]5CCC4[C@]1(C)[C@H]2O. The van der Waals surface area contributed by atoms with Crippen LogP contribution in [0.4, 0.5) is 0 Å². The average molecular weight is 598 g/mol. The number of aliphatic hydroxyl groups excluding tert-OH is 1. The molecule has 13 atom stereocenters. The summed E-state index contributed by atoms with van der Waals surface area (Å²) in [6.07, 6.45) is 11.7. The van der Waals surface area contributed by atoms with Gasteiger partial charge in [-0.1, -0.05) is 34.6 Å². The van der Waals surface area contributed by atoms with Crippen LogP contribution in [0.5, 0.6) is 0 Å². The number of morpholine rings is 1. The van der Waals surface area contributed by atoms with Crippen LogP contribution in [0, 0.1) is 56.7 Å². The highest BCUT2D eigenvalue weighted by Crippen LogP contribution is 2.89. The summed E-state index contributed by atoms with van der Waals surface area (Å²) in [5.41, 5.74) is 0.462. The van der Waals surface area contributed by atoms with Gasteiger partial charge < -0.3 is 29.0 Å². The fourth-order valence-electron chi connectivity index (χ4n) is 13.5. The Labute approximate surface area is 258 Å². The third kappa shape index (κ3) is 3.80. The number of rotatable bonds is 5. The summed E-state index contributed by atoms with van der Waals surface area (Å²) in [6, 6.07) is 0. The molecule has 7 unspecified atom stereocenters. The second-order valence-electron chi connectivity index (χ2n) is 17.6. The molecule has 240 valence electrons. The minimum atomic E-state index is -0.522. The maximum absolute atomic E-state index is 12.8. The number of fused-ring (bicyclic) bond motifs is 4. The summed E-state index contributed by atoms with van der Waals surface area (Å²) in [6.45, 7) is 13.9. The van der Waals surface area contributed by atoms with Crippen LogP contribution in [0.3, 0.4) is 0 Å². The van der Waals surface area contributed by atoms with Crippen LogP contribution < -0.4 is 0 Å². The van der Waals surface area contributed by atoms with Gasteiger partial charge in [-0.25, -0.2) is 0 Å². The lowest BCUT2D eigenvalue weighted by Gasteiger charge is -2.63. The Bertz CT molecular complexity index is 1170. The number of hydrogen-bond donors (Lipinski definition) is 1. The Hall–Kier alpha value is -1.02. The molecule has 6 saturated carbocycles. The summed E-state index contributed by atoms with van der Waals surface area (Å²) >= 11 is 0. The lowest BCUT2D eigenvalue weighted by atomic mass is 9.41. The lowest BCUT2D eigenvalue weighted by Crippen LogP contribution is -2.60. The van der Waals surface area contributed by atoms with Crippen LogP contribution in [0.1, 0.15) is 105 Å². The number of carbonyl (C=O) groups excluding carboxylic acids is 2. The van der Waals surface area contributed by atoms with Gasteiger partial charge in [0.25, 0.3) is 0 Å². The number of nitrogens with zero attached hydrogens (tertiary/aromatic N) is 1. The standard InChI is InChI=1S/C36H55NO6/c1-21-16-23(19-38)42-30-29(21)33(4)12-13-36-20-35(36)11-10-26(32(2,3)24(35)8-9-25(36)34(33,5)31(30)40)43-28-18-37(14-15-41-28)27(39)17-22-6-7-22/h19,21-26,28-31,40H,6-18,20H2,1-5H3/t21-,23?,24+,25?,26?,28+,29+,30?,31+,33?,34-,35?,36?/m1/s1. The number of hydrogen-bond acceptors (Lipinski definition) is 6. The summed E-state index contributed by atoms with van der Waals surface area (Å²) in [5.74, 6) is 2.63. The van der Waals surface area contributed by atoms with E-state index in [2.05, 4.69) is 34.6 Å². The predicted molar refractivity (Wildman–Crippen MR) is 161 cm³/mol. The molecule has 2 heterocycles. The van der Waals surface area contributed by atoms with Crippen molar-refractivity contribution in [1.29, 1.82) is 0 Å². The number of amides is 1. The Morgan fingerprint density at radius 1 is 1.02 bits per heavy atom. The first kappa shape index (κ1) is 29.4. The van der Waals surface area contributed by atoms with E-state index in [0.29, 0.717) is 66.5 Å². The molecule has 2 saturated heterocycles. The second kappa shape index (κ2) is 9.51. The van der Waals surface area contributed by atoms with Crippen LogP contribution in [0.25, 0.3) is 0 Å². The number of ether oxygens (including phenoxy) is 3. The zero-order chi connectivity index (χ0) is 30.2. The second-order valence-corrected chi connectivity index (χ2v) is 17.6. The largest absolute Gasteiger partial charge is 0.390 e. The Morgan fingerprint density at radius 3 is 2.51 bits per heavy atom. The van der Waals surface area contributed by atoms with Crippen molar-refractivity contribution in [2.45, 2.75) is 136 Å². The van der Waals surface area contributed by atoms with Gasteiger partial charge in [0.05, 0.1) is 31.5 Å². The first-order valence-electron chi connectivity index (χ1n) is 17.7. The third-order valence-corrected chi connectivity index (χ3v) is 15.8.